The molecule has 0 aliphatic rings. The third-order valence-corrected chi connectivity index (χ3v) is 5.50. The molecule has 0 saturated heterocycles. The zero-order chi connectivity index (χ0) is 19.6. The van der Waals surface area contributed by atoms with Crippen LogP contribution in [0.3, 0.4) is 0 Å². The molecule has 2 atom stereocenters. The quantitative estimate of drug-likeness (QED) is 0.406. The number of hydrogen-bond acceptors (Lipinski definition) is 5. The first-order valence-electron chi connectivity index (χ1n) is 9.38. The first-order chi connectivity index (χ1) is 13.0. The fourth-order valence-electron chi connectivity index (χ4n) is 2.99. The van der Waals surface area contributed by atoms with Crippen molar-refractivity contribution in [3.63, 3.8) is 0 Å². The van der Waals surface area contributed by atoms with Crippen molar-refractivity contribution < 1.29 is 14.8 Å². The van der Waals surface area contributed by atoms with Crippen LogP contribution in [0.4, 0.5) is 5.69 Å². The van der Waals surface area contributed by atoms with Crippen LogP contribution < -0.4 is 10.2 Å². The van der Waals surface area contributed by atoms with E-state index in [0.29, 0.717) is 17.0 Å². The van der Waals surface area contributed by atoms with Crippen LogP contribution in [0.2, 0.25) is 0 Å². The Balaban J connectivity index is 1.70. The second-order valence-corrected chi connectivity index (χ2v) is 7.87. The van der Waals surface area contributed by atoms with E-state index < -0.39 is 17.3 Å². The van der Waals surface area contributed by atoms with Crippen molar-refractivity contribution in [1.82, 2.24) is 5.32 Å². The minimum Gasteiger partial charge on any atom is -0.612 e. The fourth-order valence-corrected chi connectivity index (χ4v) is 3.65. The Bertz CT molecular complexity index is 682. The van der Waals surface area contributed by atoms with Gasteiger partial charge in [-0.05, 0) is 61.2 Å². The monoisotopic (exact) mass is 390 g/mol. The predicted molar refractivity (Wildman–Crippen MR) is 112 cm³/mol. The molecule has 0 radical (unpaired) electrons. The third kappa shape index (κ3) is 6.74. The number of hydrogen-bond donors (Lipinski definition) is 3. The highest BCUT2D eigenvalue weighted by Gasteiger charge is 2.15. The van der Waals surface area contributed by atoms with Gasteiger partial charge in [-0.25, -0.2) is 0 Å². The van der Waals surface area contributed by atoms with E-state index in [1.807, 2.05) is 6.07 Å². The summed E-state index contributed by atoms with van der Waals surface area (Å²) in [6.07, 6.45) is 2.92. The first kappa shape index (κ1) is 21.6. The molecule has 0 saturated carbocycles. The Labute approximate surface area is 165 Å². The van der Waals surface area contributed by atoms with Crippen LogP contribution in [-0.2, 0) is 11.2 Å². The lowest BCUT2D eigenvalue weighted by atomic mass is 10.1. The zero-order valence-corrected chi connectivity index (χ0v) is 16.9. The zero-order valence-electron chi connectivity index (χ0n) is 16.1. The van der Waals surface area contributed by atoms with Crippen LogP contribution in [-0.4, -0.2) is 47.2 Å². The maximum Gasteiger partial charge on any atom is 0.194 e. The number of aliphatic hydroxyl groups excluding tert-OH is 1. The standard InChI is InChI=1S/C21H30N2O3S/c1-3-23(18-9-5-4-6-10-18)14-8-7-13-22-16-20(25)17-11-12-19(24)21(15-17)27(2)26/h4-6,9-12,15,20,22,24-25H,3,7-8,13-14,16H2,1-2H3. The lowest BCUT2D eigenvalue weighted by Gasteiger charge is -2.23. The molecule has 2 aromatic rings. The number of unbranched alkanes of at least 4 members (excludes halogenated alkanes) is 1. The van der Waals surface area contributed by atoms with Crippen LogP contribution in [0, 0.1) is 0 Å². The maximum atomic E-state index is 11.6. The van der Waals surface area contributed by atoms with Crippen molar-refractivity contribution in [2.24, 2.45) is 0 Å². The average molecular weight is 391 g/mol. The van der Waals surface area contributed by atoms with Gasteiger partial charge in [0.15, 0.2) is 10.6 Å². The van der Waals surface area contributed by atoms with Crippen molar-refractivity contribution >= 4 is 16.9 Å². The third-order valence-electron chi connectivity index (χ3n) is 4.55. The summed E-state index contributed by atoms with van der Waals surface area (Å²) in [5.74, 6) is -0.00126. The largest absolute Gasteiger partial charge is 0.612 e. The molecule has 0 amide bonds. The number of phenolic OH excluding ortho intramolecular Hbond substituents is 1. The summed E-state index contributed by atoms with van der Waals surface area (Å²) in [5, 5.41) is 23.3. The fraction of sp³-hybridized carbons (Fsp3) is 0.429. The smallest absolute Gasteiger partial charge is 0.194 e. The number of nitrogens with one attached hydrogen (secondary N) is 1. The normalized spacial score (nSPS) is 13.3. The Morgan fingerprint density at radius 2 is 1.89 bits per heavy atom. The Kier molecular flexibility index (Phi) is 8.94. The van der Waals surface area contributed by atoms with Gasteiger partial charge >= 0.3 is 0 Å². The van der Waals surface area contributed by atoms with E-state index in [0.717, 1.165) is 32.5 Å². The number of para-hydroxylation sites is 1. The molecule has 0 heterocycles. The average Bonchev–Trinajstić information content (AvgIpc) is 2.68. The molecule has 0 aliphatic heterocycles. The van der Waals surface area contributed by atoms with Crippen LogP contribution in [0.1, 0.15) is 31.4 Å². The predicted octanol–water partition coefficient (Wildman–Crippen LogP) is 3.06. The Morgan fingerprint density at radius 3 is 2.56 bits per heavy atom. The van der Waals surface area contributed by atoms with E-state index in [1.54, 1.807) is 12.1 Å². The second kappa shape index (κ2) is 11.2. The number of aromatic hydroxyl groups is 1. The molecule has 0 fully saturated rings. The topological polar surface area (TPSA) is 78.8 Å². The van der Waals surface area contributed by atoms with E-state index in [9.17, 15) is 14.8 Å². The van der Waals surface area contributed by atoms with Gasteiger partial charge < -0.3 is 25.0 Å². The summed E-state index contributed by atoms with van der Waals surface area (Å²) in [5.41, 5.74) is 1.91. The van der Waals surface area contributed by atoms with Gasteiger partial charge in [0.2, 0.25) is 0 Å². The molecular formula is C21H30N2O3S. The lowest BCUT2D eigenvalue weighted by molar-refractivity contribution is 0.174. The number of rotatable bonds is 11. The van der Waals surface area contributed by atoms with Gasteiger partial charge in [-0.15, -0.1) is 0 Å². The lowest BCUT2D eigenvalue weighted by Crippen LogP contribution is -2.26. The molecule has 0 aromatic heterocycles. The minimum atomic E-state index is -1.29. The summed E-state index contributed by atoms with van der Waals surface area (Å²) in [6, 6.07) is 15.2. The van der Waals surface area contributed by atoms with Crippen molar-refractivity contribution in [3.8, 4) is 5.75 Å². The number of nitrogens with zero attached hydrogens (tertiary/aromatic N) is 1. The van der Waals surface area contributed by atoms with Crippen LogP contribution >= 0.6 is 0 Å². The van der Waals surface area contributed by atoms with E-state index in [1.165, 1.54) is 18.0 Å². The Hall–Kier alpha value is -1.73. The number of phenols is 1. The number of anilines is 1. The summed E-state index contributed by atoms with van der Waals surface area (Å²) in [4.78, 5) is 2.71. The first-order valence-corrected chi connectivity index (χ1v) is 10.9. The van der Waals surface area contributed by atoms with E-state index in [4.69, 9.17) is 0 Å². The molecule has 0 bridgehead atoms. The molecule has 0 aliphatic carbocycles. The molecule has 27 heavy (non-hydrogen) atoms. The summed E-state index contributed by atoms with van der Waals surface area (Å²) >= 11 is -1.29. The SMILES string of the molecule is CCN(CCCCNCC(O)c1ccc(O)c([S+](C)[O-])c1)c1ccccc1. The van der Waals surface area contributed by atoms with Crippen molar-refractivity contribution in [1.29, 1.82) is 0 Å². The molecule has 148 valence electrons. The molecule has 6 heteroatoms. The van der Waals surface area contributed by atoms with Crippen LogP contribution in [0.5, 0.6) is 5.75 Å². The molecule has 0 spiro atoms. The Morgan fingerprint density at radius 1 is 1.15 bits per heavy atom. The summed E-state index contributed by atoms with van der Waals surface area (Å²) < 4.78 is 11.6. The van der Waals surface area contributed by atoms with Crippen molar-refractivity contribution in [3.05, 3.63) is 54.1 Å². The van der Waals surface area contributed by atoms with E-state index >= 15 is 0 Å². The highest BCUT2D eigenvalue weighted by Crippen LogP contribution is 2.26. The van der Waals surface area contributed by atoms with Gasteiger partial charge in [0.05, 0.1) is 6.10 Å². The number of aliphatic hydroxyl groups is 1. The molecule has 5 nitrogen and oxygen atoms in total. The van der Waals surface area contributed by atoms with Crippen molar-refractivity contribution in [2.45, 2.75) is 30.8 Å². The minimum absolute atomic E-state index is 0.00126. The van der Waals surface area contributed by atoms with Gasteiger partial charge in [-0.2, -0.15) is 0 Å². The van der Waals surface area contributed by atoms with Crippen LogP contribution in [0.25, 0.3) is 0 Å². The van der Waals surface area contributed by atoms with Gasteiger partial charge in [0.25, 0.3) is 0 Å². The number of benzene rings is 2. The van der Waals surface area contributed by atoms with Gasteiger partial charge in [-0.1, -0.05) is 24.3 Å². The molecule has 2 rings (SSSR count). The second-order valence-electron chi connectivity index (χ2n) is 6.52. The molecular weight excluding hydrogens is 360 g/mol. The van der Waals surface area contributed by atoms with E-state index in [-0.39, 0.29) is 5.75 Å². The molecule has 2 unspecified atom stereocenters. The molecule has 2 aromatic carbocycles. The summed E-state index contributed by atoms with van der Waals surface area (Å²) in [6.45, 7) is 5.41. The van der Waals surface area contributed by atoms with E-state index in [2.05, 4.69) is 41.4 Å². The molecule has 3 N–H and O–H groups in total. The highest BCUT2D eigenvalue weighted by atomic mass is 32.2. The van der Waals surface area contributed by atoms with Crippen molar-refractivity contribution in [2.75, 3.05) is 37.3 Å². The maximum absolute atomic E-state index is 11.6. The van der Waals surface area contributed by atoms with Gasteiger partial charge in [-0.3, -0.25) is 0 Å². The van der Waals surface area contributed by atoms with Gasteiger partial charge in [0.1, 0.15) is 6.26 Å². The highest BCUT2D eigenvalue weighted by molar-refractivity contribution is 7.90. The summed E-state index contributed by atoms with van der Waals surface area (Å²) in [7, 11) is 0. The van der Waals surface area contributed by atoms with Gasteiger partial charge in [0, 0.05) is 31.4 Å². The van der Waals surface area contributed by atoms with Crippen LogP contribution in [0.15, 0.2) is 53.4 Å².